The van der Waals surface area contributed by atoms with Gasteiger partial charge in [0.2, 0.25) is 0 Å². The number of aromatic nitrogens is 1. The summed E-state index contributed by atoms with van der Waals surface area (Å²) in [6.07, 6.45) is 2.97. The maximum Gasteiger partial charge on any atom is 0.254 e. The highest BCUT2D eigenvalue weighted by atomic mass is 32.1. The van der Waals surface area contributed by atoms with Crippen molar-refractivity contribution in [1.29, 1.82) is 0 Å². The second kappa shape index (κ2) is 5.85. The van der Waals surface area contributed by atoms with Gasteiger partial charge >= 0.3 is 0 Å². The van der Waals surface area contributed by atoms with E-state index in [9.17, 15) is 4.79 Å². The van der Waals surface area contributed by atoms with Crippen LogP contribution in [0.2, 0.25) is 0 Å². The molecule has 3 rings (SSSR count). The van der Waals surface area contributed by atoms with Crippen LogP contribution in [-0.4, -0.2) is 21.8 Å². The molecule has 0 aliphatic heterocycles. The maximum atomic E-state index is 12.8. The van der Waals surface area contributed by atoms with Gasteiger partial charge in [-0.05, 0) is 42.8 Å². The third kappa shape index (κ3) is 3.24. The van der Waals surface area contributed by atoms with E-state index in [1.54, 1.807) is 17.4 Å². The van der Waals surface area contributed by atoms with Crippen molar-refractivity contribution in [2.45, 2.75) is 38.8 Å². The van der Waals surface area contributed by atoms with Crippen LogP contribution >= 0.6 is 11.3 Å². The topological polar surface area (TPSA) is 59.2 Å². The number of anilines is 1. The van der Waals surface area contributed by atoms with Crippen molar-refractivity contribution in [3.8, 4) is 0 Å². The Kier molecular flexibility index (Phi) is 3.92. The molecule has 1 saturated carbocycles. The number of pyridine rings is 1. The molecule has 2 N–H and O–H groups in total. The molecule has 2 aromatic rings. The zero-order valence-corrected chi connectivity index (χ0v) is 12.9. The van der Waals surface area contributed by atoms with Gasteiger partial charge < -0.3 is 10.6 Å². The summed E-state index contributed by atoms with van der Waals surface area (Å²) in [7, 11) is 0. The Morgan fingerprint density at radius 3 is 2.90 bits per heavy atom. The molecule has 0 radical (unpaired) electrons. The first-order valence-electron chi connectivity index (χ1n) is 7.27. The fourth-order valence-electron chi connectivity index (χ4n) is 2.40. The van der Waals surface area contributed by atoms with Gasteiger partial charge in [-0.25, -0.2) is 4.98 Å². The van der Waals surface area contributed by atoms with Gasteiger partial charge in [0.15, 0.2) is 0 Å². The predicted molar refractivity (Wildman–Crippen MR) is 85.2 cm³/mol. The summed E-state index contributed by atoms with van der Waals surface area (Å²) in [6.45, 7) is 2.70. The van der Waals surface area contributed by atoms with Gasteiger partial charge in [0.05, 0.1) is 6.54 Å². The summed E-state index contributed by atoms with van der Waals surface area (Å²) >= 11 is 1.69. The van der Waals surface area contributed by atoms with E-state index in [1.165, 1.54) is 4.88 Å². The molecular formula is C16H19N3OS. The monoisotopic (exact) mass is 301 g/mol. The lowest BCUT2D eigenvalue weighted by atomic mass is 10.1. The quantitative estimate of drug-likeness (QED) is 0.923. The molecule has 21 heavy (non-hydrogen) atoms. The van der Waals surface area contributed by atoms with E-state index in [0.29, 0.717) is 24.0 Å². The van der Waals surface area contributed by atoms with Crippen molar-refractivity contribution in [3.05, 3.63) is 45.8 Å². The summed E-state index contributed by atoms with van der Waals surface area (Å²) in [5.74, 6) is 0.485. The second-order valence-electron chi connectivity index (χ2n) is 5.37. The number of amides is 1. The molecule has 2 aromatic heterocycles. The van der Waals surface area contributed by atoms with Crippen LogP contribution in [0.15, 0.2) is 29.6 Å². The summed E-state index contributed by atoms with van der Waals surface area (Å²) in [5.41, 5.74) is 7.34. The molecule has 0 aromatic carbocycles. The van der Waals surface area contributed by atoms with Crippen molar-refractivity contribution < 1.29 is 4.79 Å². The average molecular weight is 301 g/mol. The number of carbonyl (C=O) groups is 1. The second-order valence-corrected chi connectivity index (χ2v) is 6.40. The Hall–Kier alpha value is -1.88. The fraction of sp³-hybridized carbons (Fsp3) is 0.375. The SMILES string of the molecule is CCc1cc(C(=O)N(Cc2cccs2)C2CC2)cc(N)n1. The van der Waals surface area contributed by atoms with Crippen LogP contribution in [0.1, 0.15) is 40.7 Å². The van der Waals surface area contributed by atoms with E-state index >= 15 is 0 Å². The Balaban J connectivity index is 1.85. The fourth-order valence-corrected chi connectivity index (χ4v) is 3.11. The molecule has 2 heterocycles. The number of nitrogens with two attached hydrogens (primary N) is 1. The molecule has 1 aliphatic carbocycles. The molecule has 1 amide bonds. The molecule has 4 nitrogen and oxygen atoms in total. The summed E-state index contributed by atoms with van der Waals surface area (Å²) < 4.78 is 0. The normalized spacial score (nSPS) is 14.1. The van der Waals surface area contributed by atoms with Gasteiger partial charge in [0.25, 0.3) is 5.91 Å². The molecule has 110 valence electrons. The van der Waals surface area contributed by atoms with E-state index in [2.05, 4.69) is 11.1 Å². The average Bonchev–Trinajstić information content (AvgIpc) is 3.20. The van der Waals surface area contributed by atoms with E-state index in [0.717, 1.165) is 25.0 Å². The van der Waals surface area contributed by atoms with Gasteiger partial charge in [-0.1, -0.05) is 13.0 Å². The summed E-state index contributed by atoms with van der Waals surface area (Å²) in [5, 5.41) is 2.05. The number of nitrogen functional groups attached to an aromatic ring is 1. The largest absolute Gasteiger partial charge is 0.384 e. The standard InChI is InChI=1S/C16H19N3OS/c1-2-12-8-11(9-15(17)18-12)16(20)19(13-5-6-13)10-14-4-3-7-21-14/h3-4,7-9,13H,2,5-6,10H2,1H3,(H2,17,18). The number of aryl methyl sites for hydroxylation is 1. The predicted octanol–water partition coefficient (Wildman–Crippen LogP) is 3.09. The van der Waals surface area contributed by atoms with Gasteiger partial charge in [-0.15, -0.1) is 11.3 Å². The van der Waals surface area contributed by atoms with Crippen molar-refractivity contribution in [1.82, 2.24) is 9.88 Å². The minimum absolute atomic E-state index is 0.0645. The number of carbonyl (C=O) groups excluding carboxylic acids is 1. The number of thiophene rings is 1. The van der Waals surface area contributed by atoms with Gasteiger partial charge in [0, 0.05) is 22.2 Å². The van der Waals surface area contributed by atoms with Crippen molar-refractivity contribution in [2.24, 2.45) is 0 Å². The van der Waals surface area contributed by atoms with Crippen LogP contribution in [0, 0.1) is 0 Å². The van der Waals surface area contributed by atoms with Crippen molar-refractivity contribution in [3.63, 3.8) is 0 Å². The van der Waals surface area contributed by atoms with Crippen LogP contribution in [0.4, 0.5) is 5.82 Å². The minimum atomic E-state index is 0.0645. The zero-order chi connectivity index (χ0) is 14.8. The molecule has 1 fully saturated rings. The summed E-state index contributed by atoms with van der Waals surface area (Å²) in [4.78, 5) is 20.2. The number of rotatable bonds is 5. The molecule has 0 saturated heterocycles. The molecule has 0 bridgehead atoms. The van der Waals surface area contributed by atoms with E-state index in [1.807, 2.05) is 29.3 Å². The number of hydrogen-bond donors (Lipinski definition) is 1. The van der Waals surface area contributed by atoms with Crippen molar-refractivity contribution >= 4 is 23.1 Å². The molecule has 0 spiro atoms. The Morgan fingerprint density at radius 1 is 1.48 bits per heavy atom. The maximum absolute atomic E-state index is 12.8. The van der Waals surface area contributed by atoms with E-state index < -0.39 is 0 Å². The van der Waals surface area contributed by atoms with Gasteiger partial charge in [-0.3, -0.25) is 4.79 Å². The Morgan fingerprint density at radius 2 is 2.29 bits per heavy atom. The van der Waals surface area contributed by atoms with Crippen LogP contribution in [0.25, 0.3) is 0 Å². The summed E-state index contributed by atoms with van der Waals surface area (Å²) in [6, 6.07) is 8.02. The van der Waals surface area contributed by atoms with Crippen LogP contribution in [0.5, 0.6) is 0 Å². The smallest absolute Gasteiger partial charge is 0.254 e. The van der Waals surface area contributed by atoms with Crippen LogP contribution in [-0.2, 0) is 13.0 Å². The first kappa shape index (κ1) is 14.1. The highest BCUT2D eigenvalue weighted by Gasteiger charge is 2.33. The van der Waals surface area contributed by atoms with Gasteiger partial charge in [0.1, 0.15) is 5.82 Å². The van der Waals surface area contributed by atoms with Crippen molar-refractivity contribution in [2.75, 3.05) is 5.73 Å². The molecule has 0 unspecified atom stereocenters. The van der Waals surface area contributed by atoms with E-state index in [-0.39, 0.29) is 5.91 Å². The minimum Gasteiger partial charge on any atom is -0.384 e. The molecule has 1 aliphatic rings. The van der Waals surface area contributed by atoms with Gasteiger partial charge in [-0.2, -0.15) is 0 Å². The molecular weight excluding hydrogens is 282 g/mol. The lowest BCUT2D eigenvalue weighted by Gasteiger charge is -2.22. The Bertz CT molecular complexity index is 635. The molecule has 0 atom stereocenters. The third-order valence-electron chi connectivity index (χ3n) is 3.66. The highest BCUT2D eigenvalue weighted by molar-refractivity contribution is 7.09. The zero-order valence-electron chi connectivity index (χ0n) is 12.1. The Labute approximate surface area is 128 Å². The lowest BCUT2D eigenvalue weighted by Crippen LogP contribution is -2.32. The van der Waals surface area contributed by atoms with E-state index in [4.69, 9.17) is 5.73 Å². The third-order valence-corrected chi connectivity index (χ3v) is 4.52. The first-order valence-corrected chi connectivity index (χ1v) is 8.15. The lowest BCUT2D eigenvalue weighted by molar-refractivity contribution is 0.0731. The first-order chi connectivity index (χ1) is 10.2. The number of nitrogens with zero attached hydrogens (tertiary/aromatic N) is 2. The number of hydrogen-bond acceptors (Lipinski definition) is 4. The molecule has 5 heteroatoms. The highest BCUT2D eigenvalue weighted by Crippen LogP contribution is 2.30. The van der Waals surface area contributed by atoms with Crippen LogP contribution < -0.4 is 5.73 Å². The van der Waals surface area contributed by atoms with Crippen LogP contribution in [0.3, 0.4) is 0 Å².